The van der Waals surface area contributed by atoms with Crippen LogP contribution in [0.3, 0.4) is 0 Å². The zero-order valence-corrected chi connectivity index (χ0v) is 13.0. The Balaban J connectivity index is 2.07. The number of benzene rings is 1. The van der Waals surface area contributed by atoms with Gasteiger partial charge < -0.3 is 15.5 Å². The molecule has 1 fully saturated rings. The number of rotatable bonds is 4. The van der Waals surface area contributed by atoms with Crippen molar-refractivity contribution in [2.75, 3.05) is 25.4 Å². The molecule has 0 atom stereocenters. The molecule has 0 aromatic heterocycles. The van der Waals surface area contributed by atoms with Crippen LogP contribution in [0.1, 0.15) is 18.9 Å². The van der Waals surface area contributed by atoms with Gasteiger partial charge >= 0.3 is 11.8 Å². The largest absolute Gasteiger partial charge is 0.399 e. The average molecular weight is 340 g/mol. The Bertz CT molecular complexity index is 513. The number of hydrogen-bond acceptors (Lipinski definition) is 3. The molecule has 0 aliphatic carbocycles. The van der Waals surface area contributed by atoms with Crippen LogP contribution in [-0.4, -0.2) is 41.2 Å². The Kier molecular flexibility index (Phi) is 4.65. The Morgan fingerprint density at radius 1 is 1.15 bits per heavy atom. The van der Waals surface area contributed by atoms with Crippen LogP contribution in [0.5, 0.6) is 0 Å². The molecule has 1 saturated heterocycles. The van der Waals surface area contributed by atoms with Crippen LogP contribution in [-0.2, 0) is 16.1 Å². The van der Waals surface area contributed by atoms with Crippen molar-refractivity contribution in [2.45, 2.75) is 19.9 Å². The first-order chi connectivity index (χ1) is 9.51. The quantitative estimate of drug-likeness (QED) is 0.669. The lowest BCUT2D eigenvalue weighted by Gasteiger charge is -2.33. The molecule has 2 rings (SSSR count). The average Bonchev–Trinajstić information content (AvgIpc) is 2.37. The second-order valence-corrected chi connectivity index (χ2v) is 5.83. The van der Waals surface area contributed by atoms with E-state index in [2.05, 4.69) is 15.9 Å². The third-order valence-corrected chi connectivity index (χ3v) is 3.70. The van der Waals surface area contributed by atoms with Gasteiger partial charge in [0.2, 0.25) is 0 Å². The van der Waals surface area contributed by atoms with Crippen LogP contribution >= 0.6 is 15.9 Å². The Labute approximate surface area is 126 Å². The standard InChI is InChI=1S/C14H18BrN3O2/c1-2-3-17-4-5-18(14(20)13(17)19)9-10-6-11(15)8-12(16)7-10/h6-8H,2-5,9,16H2,1H3. The van der Waals surface area contributed by atoms with Gasteiger partial charge in [-0.3, -0.25) is 9.59 Å². The van der Waals surface area contributed by atoms with Crippen LogP contribution in [0, 0.1) is 0 Å². The summed E-state index contributed by atoms with van der Waals surface area (Å²) in [6, 6.07) is 5.53. The summed E-state index contributed by atoms with van der Waals surface area (Å²) in [5.41, 5.74) is 7.33. The van der Waals surface area contributed by atoms with E-state index in [9.17, 15) is 9.59 Å². The summed E-state index contributed by atoms with van der Waals surface area (Å²) >= 11 is 3.38. The number of anilines is 1. The second kappa shape index (κ2) is 6.26. The van der Waals surface area contributed by atoms with E-state index < -0.39 is 11.8 Å². The fourth-order valence-corrected chi connectivity index (χ4v) is 2.89. The van der Waals surface area contributed by atoms with Crippen molar-refractivity contribution in [2.24, 2.45) is 0 Å². The van der Waals surface area contributed by atoms with Crippen LogP contribution < -0.4 is 5.73 Å². The normalized spacial score (nSPS) is 15.9. The molecule has 5 nitrogen and oxygen atoms in total. The number of carbonyl (C=O) groups is 2. The second-order valence-electron chi connectivity index (χ2n) is 4.91. The summed E-state index contributed by atoms with van der Waals surface area (Å²) < 4.78 is 0.871. The minimum atomic E-state index is -0.428. The number of halogens is 1. The molecule has 1 aliphatic heterocycles. The molecule has 1 heterocycles. The summed E-state index contributed by atoms with van der Waals surface area (Å²) in [5.74, 6) is -0.829. The number of amides is 2. The molecule has 20 heavy (non-hydrogen) atoms. The fraction of sp³-hybridized carbons (Fsp3) is 0.429. The van der Waals surface area contributed by atoms with E-state index in [1.807, 2.05) is 19.1 Å². The first-order valence-electron chi connectivity index (χ1n) is 6.64. The Morgan fingerprint density at radius 2 is 1.80 bits per heavy atom. The van der Waals surface area contributed by atoms with E-state index in [1.165, 1.54) is 0 Å². The predicted molar refractivity (Wildman–Crippen MR) is 80.8 cm³/mol. The number of piperazine rings is 1. The van der Waals surface area contributed by atoms with Crippen LogP contribution in [0.4, 0.5) is 5.69 Å². The molecule has 0 unspecified atom stereocenters. The maximum absolute atomic E-state index is 12.1. The van der Waals surface area contributed by atoms with Gasteiger partial charge in [-0.25, -0.2) is 0 Å². The molecule has 0 saturated carbocycles. The number of nitrogen functional groups attached to an aromatic ring is 1. The zero-order chi connectivity index (χ0) is 14.7. The van der Waals surface area contributed by atoms with E-state index in [1.54, 1.807) is 15.9 Å². The molecule has 2 N–H and O–H groups in total. The van der Waals surface area contributed by atoms with Gasteiger partial charge in [0.15, 0.2) is 0 Å². The fourth-order valence-electron chi connectivity index (χ4n) is 2.34. The predicted octanol–water partition coefficient (Wildman–Crippen LogP) is 1.61. The van der Waals surface area contributed by atoms with Crippen molar-refractivity contribution in [3.05, 3.63) is 28.2 Å². The molecule has 6 heteroatoms. The van der Waals surface area contributed by atoms with Crippen molar-refractivity contribution in [1.82, 2.24) is 9.80 Å². The van der Waals surface area contributed by atoms with Crippen molar-refractivity contribution in [3.63, 3.8) is 0 Å². The zero-order valence-electron chi connectivity index (χ0n) is 11.4. The lowest BCUT2D eigenvalue weighted by Crippen LogP contribution is -2.53. The third kappa shape index (κ3) is 3.30. The number of hydrogen-bond donors (Lipinski definition) is 1. The minimum Gasteiger partial charge on any atom is -0.399 e. The monoisotopic (exact) mass is 339 g/mol. The molecular formula is C14H18BrN3O2. The van der Waals surface area contributed by atoms with Gasteiger partial charge in [-0.05, 0) is 30.2 Å². The number of nitrogens with zero attached hydrogens (tertiary/aromatic N) is 2. The maximum atomic E-state index is 12.1. The smallest absolute Gasteiger partial charge is 0.312 e. The van der Waals surface area contributed by atoms with Gasteiger partial charge in [-0.2, -0.15) is 0 Å². The van der Waals surface area contributed by atoms with E-state index >= 15 is 0 Å². The van der Waals surface area contributed by atoms with E-state index in [4.69, 9.17) is 5.73 Å². The topological polar surface area (TPSA) is 66.6 Å². The van der Waals surface area contributed by atoms with Crippen LogP contribution in [0.15, 0.2) is 22.7 Å². The molecule has 0 bridgehead atoms. The maximum Gasteiger partial charge on any atom is 0.312 e. The molecule has 1 aliphatic rings. The Morgan fingerprint density at radius 3 is 2.45 bits per heavy atom. The van der Waals surface area contributed by atoms with Crippen molar-refractivity contribution < 1.29 is 9.59 Å². The Hall–Kier alpha value is -1.56. The van der Waals surface area contributed by atoms with Crippen LogP contribution in [0.25, 0.3) is 0 Å². The SMILES string of the molecule is CCCN1CCN(Cc2cc(N)cc(Br)c2)C(=O)C1=O. The molecule has 1 aromatic rings. The molecule has 0 spiro atoms. The number of carbonyl (C=O) groups excluding carboxylic acids is 2. The van der Waals surface area contributed by atoms with E-state index in [0.29, 0.717) is 31.9 Å². The summed E-state index contributed by atoms with van der Waals surface area (Å²) in [4.78, 5) is 27.2. The van der Waals surface area contributed by atoms with Crippen LogP contribution in [0.2, 0.25) is 0 Å². The van der Waals surface area contributed by atoms with Crippen molar-refractivity contribution in [1.29, 1.82) is 0 Å². The van der Waals surface area contributed by atoms with Gasteiger partial charge in [-0.15, -0.1) is 0 Å². The first kappa shape index (κ1) is 14.8. The minimum absolute atomic E-state index is 0.402. The third-order valence-electron chi connectivity index (χ3n) is 3.24. The van der Waals surface area contributed by atoms with Crippen molar-refractivity contribution in [3.8, 4) is 0 Å². The molecule has 0 radical (unpaired) electrons. The summed E-state index contributed by atoms with van der Waals surface area (Å²) in [6.45, 7) is 4.21. The highest BCUT2D eigenvalue weighted by molar-refractivity contribution is 9.10. The highest BCUT2D eigenvalue weighted by atomic mass is 79.9. The lowest BCUT2D eigenvalue weighted by molar-refractivity contribution is -0.156. The molecule has 1 aromatic carbocycles. The lowest BCUT2D eigenvalue weighted by atomic mass is 10.1. The highest BCUT2D eigenvalue weighted by Crippen LogP contribution is 2.19. The van der Waals surface area contributed by atoms with Gasteiger partial charge in [0.05, 0.1) is 0 Å². The number of nitrogens with two attached hydrogens (primary N) is 1. The first-order valence-corrected chi connectivity index (χ1v) is 7.43. The van der Waals surface area contributed by atoms with Crippen molar-refractivity contribution >= 4 is 33.4 Å². The molecular weight excluding hydrogens is 322 g/mol. The highest BCUT2D eigenvalue weighted by Gasteiger charge is 2.31. The molecule has 2 amide bonds. The van der Waals surface area contributed by atoms with Gasteiger partial charge in [0.25, 0.3) is 0 Å². The van der Waals surface area contributed by atoms with Gasteiger partial charge in [0.1, 0.15) is 0 Å². The van der Waals surface area contributed by atoms with E-state index in [0.717, 1.165) is 16.5 Å². The summed E-state index contributed by atoms with van der Waals surface area (Å²) in [6.07, 6.45) is 0.862. The van der Waals surface area contributed by atoms with E-state index in [-0.39, 0.29) is 0 Å². The van der Waals surface area contributed by atoms with Gasteiger partial charge in [-0.1, -0.05) is 22.9 Å². The molecule has 108 valence electrons. The summed E-state index contributed by atoms with van der Waals surface area (Å²) in [7, 11) is 0. The summed E-state index contributed by atoms with van der Waals surface area (Å²) in [5, 5.41) is 0. The van der Waals surface area contributed by atoms with Gasteiger partial charge in [0, 0.05) is 36.3 Å².